The fraction of sp³-hybridized carbons (Fsp3) is 0.208. The van der Waals surface area contributed by atoms with Gasteiger partial charge in [-0.1, -0.05) is 24.3 Å². The largest absolute Gasteiger partial charge is 0.504 e. The first kappa shape index (κ1) is 21.6. The number of rotatable bonds is 7. The Bertz CT molecular complexity index is 1110. The minimum absolute atomic E-state index is 0.0443. The predicted octanol–water partition coefficient (Wildman–Crippen LogP) is 3.73. The number of hydrazone groups is 1. The summed E-state index contributed by atoms with van der Waals surface area (Å²) in [4.78, 5) is 0. The van der Waals surface area contributed by atoms with Gasteiger partial charge in [0, 0.05) is 5.56 Å². The molecule has 2 aromatic rings. The quantitative estimate of drug-likeness (QED) is 0.527. The van der Waals surface area contributed by atoms with Crippen LogP contribution in [0.3, 0.4) is 0 Å². The number of para-hydroxylation sites is 1. The Labute approximate surface area is 181 Å². The van der Waals surface area contributed by atoms with Crippen molar-refractivity contribution in [1.82, 2.24) is 0 Å². The van der Waals surface area contributed by atoms with E-state index >= 15 is 0 Å². The monoisotopic (exact) mass is 413 g/mol. The molecule has 7 nitrogen and oxygen atoms in total. The second-order valence-electron chi connectivity index (χ2n) is 6.89. The Kier molecular flexibility index (Phi) is 6.71. The molecule has 0 saturated carbocycles. The summed E-state index contributed by atoms with van der Waals surface area (Å²) in [6, 6.07) is 17.0. The van der Waals surface area contributed by atoms with E-state index in [-0.39, 0.29) is 11.3 Å². The molecule has 0 saturated heterocycles. The summed E-state index contributed by atoms with van der Waals surface area (Å²) in [7, 11) is 0. The topological polar surface area (TPSA) is 119 Å². The van der Waals surface area contributed by atoms with Crippen molar-refractivity contribution >= 4 is 17.5 Å². The zero-order valence-electron chi connectivity index (χ0n) is 17.2. The normalized spacial score (nSPS) is 18.1. The molecule has 0 aromatic heterocycles. The van der Waals surface area contributed by atoms with Crippen LogP contribution in [0.4, 0.5) is 5.69 Å². The first-order valence-corrected chi connectivity index (χ1v) is 9.83. The highest BCUT2D eigenvalue weighted by molar-refractivity contribution is 6.11. The Morgan fingerprint density at radius 1 is 1.32 bits per heavy atom. The lowest BCUT2D eigenvalue weighted by Gasteiger charge is -2.21. The first-order valence-electron chi connectivity index (χ1n) is 9.83. The summed E-state index contributed by atoms with van der Waals surface area (Å²) in [5.41, 5.74) is 8.80. The van der Waals surface area contributed by atoms with Crippen molar-refractivity contribution < 1.29 is 9.84 Å². The molecular weight excluding hydrogens is 390 g/mol. The van der Waals surface area contributed by atoms with Crippen LogP contribution >= 0.6 is 0 Å². The molecule has 1 aliphatic heterocycles. The molecule has 0 bridgehead atoms. The summed E-state index contributed by atoms with van der Waals surface area (Å²) in [6.07, 6.45) is 3.02. The molecule has 0 aliphatic carbocycles. The summed E-state index contributed by atoms with van der Waals surface area (Å²) in [5, 5.41) is 36.0. The average Bonchev–Trinajstić information content (AvgIpc) is 3.12. The number of nitrogens with zero attached hydrogens (tertiary/aromatic N) is 4. The van der Waals surface area contributed by atoms with Crippen molar-refractivity contribution in [2.75, 3.05) is 11.6 Å². The lowest BCUT2D eigenvalue weighted by atomic mass is 9.95. The molecule has 31 heavy (non-hydrogen) atoms. The van der Waals surface area contributed by atoms with Crippen LogP contribution in [-0.4, -0.2) is 23.6 Å². The maximum Gasteiger partial charge on any atom is 0.161 e. The highest BCUT2D eigenvalue weighted by Gasteiger charge is 2.37. The van der Waals surface area contributed by atoms with Crippen LogP contribution in [0.25, 0.3) is 6.08 Å². The molecule has 3 N–H and O–H groups in total. The Balaban J connectivity index is 2.07. The van der Waals surface area contributed by atoms with Gasteiger partial charge in [-0.15, -0.1) is 6.58 Å². The number of allylic oxidation sites excluding steroid dienone is 2. The molecule has 2 aromatic carbocycles. The molecule has 0 radical (unpaired) electrons. The second-order valence-corrected chi connectivity index (χ2v) is 6.89. The highest BCUT2D eigenvalue weighted by Crippen LogP contribution is 2.34. The lowest BCUT2D eigenvalue weighted by Crippen LogP contribution is -2.40. The van der Waals surface area contributed by atoms with Gasteiger partial charge in [-0.25, -0.2) is 5.01 Å². The van der Waals surface area contributed by atoms with E-state index in [9.17, 15) is 15.6 Å². The van der Waals surface area contributed by atoms with Gasteiger partial charge in [0.1, 0.15) is 18.2 Å². The fourth-order valence-electron chi connectivity index (χ4n) is 3.40. The number of aromatic hydroxyl groups is 1. The highest BCUT2D eigenvalue weighted by atomic mass is 16.5. The van der Waals surface area contributed by atoms with Crippen molar-refractivity contribution in [2.45, 2.75) is 19.5 Å². The zero-order chi connectivity index (χ0) is 22.4. The summed E-state index contributed by atoms with van der Waals surface area (Å²) >= 11 is 0. The molecule has 2 atom stereocenters. The number of ether oxygens (including phenoxy) is 1. The van der Waals surface area contributed by atoms with E-state index in [4.69, 9.17) is 10.5 Å². The second kappa shape index (κ2) is 9.62. The molecule has 0 spiro atoms. The van der Waals surface area contributed by atoms with Crippen molar-refractivity contribution in [3.63, 3.8) is 0 Å². The zero-order valence-corrected chi connectivity index (χ0v) is 17.2. The van der Waals surface area contributed by atoms with Crippen LogP contribution in [0.5, 0.6) is 11.5 Å². The smallest absolute Gasteiger partial charge is 0.161 e. The number of phenols is 1. The molecule has 1 heterocycles. The van der Waals surface area contributed by atoms with Crippen LogP contribution in [0, 0.1) is 28.6 Å². The number of benzene rings is 2. The van der Waals surface area contributed by atoms with E-state index < -0.39 is 12.1 Å². The summed E-state index contributed by atoms with van der Waals surface area (Å²) in [5.74, 6) is -0.414. The van der Waals surface area contributed by atoms with Crippen LogP contribution in [0.2, 0.25) is 0 Å². The Morgan fingerprint density at radius 2 is 2.06 bits per heavy atom. The summed E-state index contributed by atoms with van der Waals surface area (Å²) < 4.78 is 5.53. The Hall–Kier alpha value is -4.07. The van der Waals surface area contributed by atoms with Crippen LogP contribution < -0.4 is 15.5 Å². The van der Waals surface area contributed by atoms with Crippen LogP contribution in [-0.2, 0) is 6.42 Å². The molecule has 7 heteroatoms. The van der Waals surface area contributed by atoms with E-state index in [1.807, 2.05) is 37.3 Å². The Morgan fingerprint density at radius 3 is 2.68 bits per heavy atom. The van der Waals surface area contributed by atoms with Gasteiger partial charge in [0.2, 0.25) is 0 Å². The molecule has 0 amide bonds. The van der Waals surface area contributed by atoms with E-state index in [0.29, 0.717) is 35.6 Å². The maximum absolute atomic E-state index is 10.4. The lowest BCUT2D eigenvalue weighted by molar-refractivity contribution is 0.317. The number of anilines is 1. The number of hydrogen-bond acceptors (Lipinski definition) is 7. The van der Waals surface area contributed by atoms with E-state index in [1.165, 1.54) is 0 Å². The third kappa shape index (κ3) is 4.42. The maximum atomic E-state index is 10.4. The van der Waals surface area contributed by atoms with Gasteiger partial charge in [-0.3, -0.25) is 0 Å². The van der Waals surface area contributed by atoms with Crippen molar-refractivity contribution in [2.24, 2.45) is 16.8 Å². The van der Waals surface area contributed by atoms with Gasteiger partial charge in [-0.05, 0) is 49.2 Å². The molecular formula is C24H23N5O2. The van der Waals surface area contributed by atoms with Crippen molar-refractivity contribution in [3.8, 4) is 23.6 Å². The van der Waals surface area contributed by atoms with E-state index in [1.54, 1.807) is 29.3 Å². The summed E-state index contributed by atoms with van der Waals surface area (Å²) in [6.45, 7) is 5.91. The predicted molar refractivity (Wildman–Crippen MR) is 120 cm³/mol. The molecule has 0 fully saturated rings. The average molecular weight is 413 g/mol. The fourth-order valence-corrected chi connectivity index (χ4v) is 3.40. The van der Waals surface area contributed by atoms with Gasteiger partial charge >= 0.3 is 0 Å². The number of nitrogens with two attached hydrogens (primary N) is 1. The van der Waals surface area contributed by atoms with E-state index in [0.717, 1.165) is 5.69 Å². The molecule has 156 valence electrons. The van der Waals surface area contributed by atoms with Crippen molar-refractivity contribution in [1.29, 1.82) is 10.5 Å². The van der Waals surface area contributed by atoms with Crippen LogP contribution in [0.15, 0.2) is 65.8 Å². The first-order chi connectivity index (χ1) is 15.0. The van der Waals surface area contributed by atoms with Crippen LogP contribution in [0.1, 0.15) is 18.1 Å². The molecule has 3 rings (SSSR count). The standard InChI is InChI=1S/C24H23N5O2/c1-3-8-17-11-16(13-21(23(17)30)31-4-2)12-18(14-25)22-20(15-26)24(27)29(28-22)19-9-6-5-7-10-19/h3,5-7,9-13,20,24,30H,1,4,8,27H2,2H3/b18-12-/t20-,24+/m0/s1. The van der Waals surface area contributed by atoms with Gasteiger partial charge in [-0.2, -0.15) is 15.6 Å². The minimum Gasteiger partial charge on any atom is -0.504 e. The molecule has 0 unspecified atom stereocenters. The van der Waals surface area contributed by atoms with Gasteiger partial charge < -0.3 is 15.6 Å². The van der Waals surface area contributed by atoms with Gasteiger partial charge in [0.05, 0.1) is 29.6 Å². The number of phenolic OH excluding ortho intramolecular Hbond substituents is 1. The molecule has 1 aliphatic rings. The third-order valence-electron chi connectivity index (χ3n) is 4.84. The van der Waals surface area contributed by atoms with Crippen molar-refractivity contribution in [3.05, 3.63) is 71.8 Å². The minimum atomic E-state index is -0.776. The number of hydrogen-bond donors (Lipinski definition) is 2. The van der Waals surface area contributed by atoms with Gasteiger partial charge in [0.25, 0.3) is 0 Å². The third-order valence-corrected chi connectivity index (χ3v) is 4.84. The van der Waals surface area contributed by atoms with Gasteiger partial charge in [0.15, 0.2) is 11.5 Å². The number of nitriles is 2. The van der Waals surface area contributed by atoms with E-state index in [2.05, 4.69) is 23.8 Å². The SMILES string of the molecule is C=CCc1cc(/C=C(/C#N)C2=NN(c3ccccc3)[C@@H](N)[C@H]2C#N)cc(OCC)c1O.